The third-order valence-electron chi connectivity index (χ3n) is 4.64. The molecule has 3 heteroatoms. The minimum Gasteiger partial charge on any atom is -0.361 e. The number of aromatic amines is 1. The average molecular weight is 285 g/mol. The van der Waals surface area contributed by atoms with Crippen LogP contribution in [-0.2, 0) is 0 Å². The van der Waals surface area contributed by atoms with Gasteiger partial charge in [0.2, 0.25) is 0 Å². The number of hydrogen-bond acceptors (Lipinski definition) is 2. The van der Waals surface area contributed by atoms with Crippen molar-refractivity contribution in [2.24, 2.45) is 0 Å². The number of aromatic nitrogens is 1. The van der Waals surface area contributed by atoms with Gasteiger partial charge in [-0.25, -0.2) is 0 Å². The van der Waals surface area contributed by atoms with Gasteiger partial charge in [0.25, 0.3) is 0 Å². The van der Waals surface area contributed by atoms with Crippen molar-refractivity contribution in [1.29, 1.82) is 0 Å². The Morgan fingerprint density at radius 1 is 1.14 bits per heavy atom. The Morgan fingerprint density at radius 2 is 2.00 bits per heavy atom. The average Bonchev–Trinajstić information content (AvgIpc) is 3.00. The van der Waals surface area contributed by atoms with Crippen LogP contribution < -0.4 is 5.32 Å². The van der Waals surface area contributed by atoms with Crippen LogP contribution in [-0.4, -0.2) is 36.1 Å². The summed E-state index contributed by atoms with van der Waals surface area (Å²) in [6, 6.07) is 9.69. The molecule has 1 fully saturated rings. The van der Waals surface area contributed by atoms with Gasteiger partial charge in [0.1, 0.15) is 0 Å². The van der Waals surface area contributed by atoms with E-state index in [1.54, 1.807) is 0 Å². The van der Waals surface area contributed by atoms with E-state index in [1.807, 2.05) is 6.20 Å². The first-order valence-corrected chi connectivity index (χ1v) is 8.40. The zero-order valence-corrected chi connectivity index (χ0v) is 13.1. The van der Waals surface area contributed by atoms with Crippen molar-refractivity contribution in [1.82, 2.24) is 15.2 Å². The molecule has 0 amide bonds. The van der Waals surface area contributed by atoms with Gasteiger partial charge >= 0.3 is 0 Å². The number of hydrogen-bond donors (Lipinski definition) is 2. The van der Waals surface area contributed by atoms with E-state index in [1.165, 1.54) is 55.2 Å². The molecule has 2 heterocycles. The van der Waals surface area contributed by atoms with E-state index in [0.29, 0.717) is 6.04 Å². The second-order valence-electron chi connectivity index (χ2n) is 6.12. The maximum absolute atomic E-state index is 3.47. The fraction of sp³-hybridized carbons (Fsp3) is 0.556. The highest BCUT2D eigenvalue weighted by Gasteiger charge is 2.21. The van der Waals surface area contributed by atoms with Crippen molar-refractivity contribution < 1.29 is 0 Å². The van der Waals surface area contributed by atoms with Crippen molar-refractivity contribution >= 4 is 10.9 Å². The molecule has 1 aromatic heterocycles. The van der Waals surface area contributed by atoms with Gasteiger partial charge in [-0.15, -0.1) is 0 Å². The molecule has 3 rings (SSSR count). The number of nitrogens with one attached hydrogen (secondary N) is 2. The molecule has 0 bridgehead atoms. The number of piperazine rings is 1. The first-order chi connectivity index (χ1) is 10.4. The third-order valence-corrected chi connectivity index (χ3v) is 4.64. The maximum Gasteiger partial charge on any atom is 0.0454 e. The summed E-state index contributed by atoms with van der Waals surface area (Å²) in [5, 5.41) is 4.80. The molecule has 2 N–H and O–H groups in total. The standard InChI is InChI=1S/C18H27N3/c1-2-3-4-5-18(21-12-10-19-11-13-21)16-6-7-17-15(14-16)8-9-20-17/h6-9,14,18-20H,2-5,10-13H2,1H3/t18-/m1/s1. The minimum atomic E-state index is 0.581. The fourth-order valence-corrected chi connectivity index (χ4v) is 3.42. The summed E-state index contributed by atoms with van der Waals surface area (Å²) < 4.78 is 0. The molecular weight excluding hydrogens is 258 g/mol. The molecule has 0 spiro atoms. The van der Waals surface area contributed by atoms with Crippen LogP contribution in [0.2, 0.25) is 0 Å². The fourth-order valence-electron chi connectivity index (χ4n) is 3.42. The molecule has 1 aliphatic heterocycles. The van der Waals surface area contributed by atoms with E-state index in [0.717, 1.165) is 13.1 Å². The van der Waals surface area contributed by atoms with Gasteiger partial charge in [0.05, 0.1) is 0 Å². The van der Waals surface area contributed by atoms with E-state index in [4.69, 9.17) is 0 Å². The Labute approximate surface area is 127 Å². The zero-order chi connectivity index (χ0) is 14.5. The molecule has 2 aromatic rings. The second-order valence-corrected chi connectivity index (χ2v) is 6.12. The minimum absolute atomic E-state index is 0.581. The number of benzene rings is 1. The van der Waals surface area contributed by atoms with Gasteiger partial charge < -0.3 is 10.3 Å². The lowest BCUT2D eigenvalue weighted by molar-refractivity contribution is 0.163. The molecule has 1 aliphatic rings. The summed E-state index contributed by atoms with van der Waals surface area (Å²) >= 11 is 0. The van der Waals surface area contributed by atoms with E-state index in [2.05, 4.69) is 46.4 Å². The third kappa shape index (κ3) is 3.47. The van der Waals surface area contributed by atoms with Crippen LogP contribution >= 0.6 is 0 Å². The zero-order valence-electron chi connectivity index (χ0n) is 13.1. The Balaban J connectivity index is 1.81. The van der Waals surface area contributed by atoms with Crippen molar-refractivity contribution in [3.05, 3.63) is 36.0 Å². The lowest BCUT2D eigenvalue weighted by Crippen LogP contribution is -2.45. The number of nitrogens with zero attached hydrogens (tertiary/aromatic N) is 1. The van der Waals surface area contributed by atoms with Gasteiger partial charge in [-0.1, -0.05) is 32.3 Å². The van der Waals surface area contributed by atoms with Crippen molar-refractivity contribution in [3.63, 3.8) is 0 Å². The summed E-state index contributed by atoms with van der Waals surface area (Å²) in [7, 11) is 0. The second kappa shape index (κ2) is 7.10. The molecule has 21 heavy (non-hydrogen) atoms. The first kappa shape index (κ1) is 14.6. The van der Waals surface area contributed by atoms with E-state index >= 15 is 0 Å². The lowest BCUT2D eigenvalue weighted by atomic mass is 9.97. The van der Waals surface area contributed by atoms with Crippen LogP contribution in [0.1, 0.15) is 44.2 Å². The molecule has 1 saturated heterocycles. The predicted molar refractivity (Wildman–Crippen MR) is 89.6 cm³/mol. The van der Waals surface area contributed by atoms with Crippen LogP contribution in [0.4, 0.5) is 0 Å². The van der Waals surface area contributed by atoms with Crippen molar-refractivity contribution in [2.45, 2.75) is 38.6 Å². The number of fused-ring (bicyclic) bond motifs is 1. The highest BCUT2D eigenvalue weighted by Crippen LogP contribution is 2.29. The Bertz CT molecular complexity index is 554. The molecular formula is C18H27N3. The summed E-state index contributed by atoms with van der Waals surface area (Å²) in [4.78, 5) is 5.96. The Kier molecular flexibility index (Phi) is 4.94. The highest BCUT2D eigenvalue weighted by atomic mass is 15.2. The Morgan fingerprint density at radius 3 is 2.81 bits per heavy atom. The number of H-pyrrole nitrogens is 1. The number of rotatable bonds is 6. The lowest BCUT2D eigenvalue weighted by Gasteiger charge is -2.35. The van der Waals surface area contributed by atoms with Gasteiger partial charge in [-0.3, -0.25) is 4.90 Å². The molecule has 3 nitrogen and oxygen atoms in total. The van der Waals surface area contributed by atoms with Crippen LogP contribution in [0.5, 0.6) is 0 Å². The first-order valence-electron chi connectivity index (χ1n) is 8.40. The summed E-state index contributed by atoms with van der Waals surface area (Å²) in [5.74, 6) is 0. The van der Waals surface area contributed by atoms with Crippen LogP contribution in [0.15, 0.2) is 30.5 Å². The number of unbranched alkanes of at least 4 members (excludes halogenated alkanes) is 2. The van der Waals surface area contributed by atoms with E-state index in [-0.39, 0.29) is 0 Å². The van der Waals surface area contributed by atoms with Crippen molar-refractivity contribution in [3.8, 4) is 0 Å². The quantitative estimate of drug-likeness (QED) is 0.793. The largest absolute Gasteiger partial charge is 0.361 e. The smallest absolute Gasteiger partial charge is 0.0454 e. The summed E-state index contributed by atoms with van der Waals surface area (Å²) in [6.45, 7) is 6.86. The molecule has 0 radical (unpaired) electrons. The molecule has 0 aliphatic carbocycles. The topological polar surface area (TPSA) is 31.1 Å². The van der Waals surface area contributed by atoms with Crippen LogP contribution in [0, 0.1) is 0 Å². The summed E-state index contributed by atoms with van der Waals surface area (Å²) in [5.41, 5.74) is 2.73. The molecule has 1 aromatic carbocycles. The van der Waals surface area contributed by atoms with Gasteiger partial charge in [0.15, 0.2) is 0 Å². The van der Waals surface area contributed by atoms with Crippen LogP contribution in [0.3, 0.4) is 0 Å². The molecule has 114 valence electrons. The maximum atomic E-state index is 3.47. The normalized spacial score (nSPS) is 18.1. The van der Waals surface area contributed by atoms with Gasteiger partial charge in [-0.2, -0.15) is 0 Å². The van der Waals surface area contributed by atoms with Crippen LogP contribution in [0.25, 0.3) is 10.9 Å². The monoisotopic (exact) mass is 285 g/mol. The van der Waals surface area contributed by atoms with E-state index < -0.39 is 0 Å². The van der Waals surface area contributed by atoms with E-state index in [9.17, 15) is 0 Å². The summed E-state index contributed by atoms with van der Waals surface area (Å²) in [6.07, 6.45) is 7.28. The molecule has 1 atom stereocenters. The Hall–Kier alpha value is -1.32. The molecule has 0 unspecified atom stereocenters. The van der Waals surface area contributed by atoms with Gasteiger partial charge in [-0.05, 0) is 35.6 Å². The predicted octanol–water partition coefficient (Wildman–Crippen LogP) is 3.69. The van der Waals surface area contributed by atoms with Crippen molar-refractivity contribution in [2.75, 3.05) is 26.2 Å². The SMILES string of the molecule is CCCCC[C@H](c1ccc2[nH]ccc2c1)N1CCNCC1. The highest BCUT2D eigenvalue weighted by molar-refractivity contribution is 5.80. The van der Waals surface area contributed by atoms with Gasteiger partial charge in [0, 0.05) is 43.9 Å². The molecule has 0 saturated carbocycles.